The zero-order valence-corrected chi connectivity index (χ0v) is 18.4. The number of likely N-dealkylation sites (tertiary alicyclic amines) is 1. The van der Waals surface area contributed by atoms with Crippen LogP contribution < -0.4 is 14.2 Å². The molecule has 0 spiro atoms. The van der Waals surface area contributed by atoms with Crippen LogP contribution in [0.5, 0.6) is 17.2 Å². The molecule has 170 valence electrons. The van der Waals surface area contributed by atoms with Gasteiger partial charge in [0.2, 0.25) is 0 Å². The maximum absolute atomic E-state index is 13.1. The smallest absolute Gasteiger partial charge is 0.296 e. The summed E-state index contributed by atoms with van der Waals surface area (Å²) in [6, 6.07) is 14.4. The molecule has 2 heterocycles. The first-order valence-electron chi connectivity index (χ1n) is 10.2. The molecular weight excluding hydrogens is 426 g/mol. The molecule has 33 heavy (non-hydrogen) atoms. The lowest BCUT2D eigenvalue weighted by Crippen LogP contribution is -2.29. The van der Waals surface area contributed by atoms with Crippen LogP contribution in [0.25, 0.3) is 5.76 Å². The molecular formula is C25H23NO7. The highest BCUT2D eigenvalue weighted by atomic mass is 16.5. The Balaban J connectivity index is 1.80. The maximum atomic E-state index is 13.1. The molecule has 0 bridgehead atoms. The van der Waals surface area contributed by atoms with E-state index >= 15 is 0 Å². The number of carbonyl (C=O) groups excluding carboxylic acids is 2. The summed E-state index contributed by atoms with van der Waals surface area (Å²) in [7, 11) is 4.54. The van der Waals surface area contributed by atoms with Crippen molar-refractivity contribution in [1.29, 1.82) is 0 Å². The fourth-order valence-corrected chi connectivity index (χ4v) is 3.85. The molecule has 8 nitrogen and oxygen atoms in total. The summed E-state index contributed by atoms with van der Waals surface area (Å²) >= 11 is 0. The average Bonchev–Trinajstić information content (AvgIpc) is 3.46. The highest BCUT2D eigenvalue weighted by Gasteiger charge is 2.47. The van der Waals surface area contributed by atoms with E-state index in [0.29, 0.717) is 28.6 Å². The van der Waals surface area contributed by atoms with Crippen molar-refractivity contribution in [1.82, 2.24) is 4.90 Å². The van der Waals surface area contributed by atoms with Gasteiger partial charge in [0.05, 0.1) is 33.2 Å². The van der Waals surface area contributed by atoms with Gasteiger partial charge in [0.25, 0.3) is 11.7 Å². The summed E-state index contributed by atoms with van der Waals surface area (Å²) in [6.45, 7) is 0.142. The van der Waals surface area contributed by atoms with E-state index in [-0.39, 0.29) is 17.9 Å². The summed E-state index contributed by atoms with van der Waals surface area (Å²) in [5, 5.41) is 11.1. The zero-order chi connectivity index (χ0) is 23.5. The van der Waals surface area contributed by atoms with Crippen LogP contribution in [-0.4, -0.2) is 43.0 Å². The Morgan fingerprint density at radius 2 is 1.70 bits per heavy atom. The number of aliphatic hydroxyl groups is 1. The predicted octanol–water partition coefficient (Wildman–Crippen LogP) is 3.93. The average molecular weight is 449 g/mol. The van der Waals surface area contributed by atoms with E-state index in [4.69, 9.17) is 18.6 Å². The number of nitrogens with zero attached hydrogens (tertiary/aromatic N) is 1. The van der Waals surface area contributed by atoms with Gasteiger partial charge in [-0.05, 0) is 48.0 Å². The van der Waals surface area contributed by atoms with Gasteiger partial charge in [0.15, 0.2) is 11.5 Å². The number of hydrogen-bond donors (Lipinski definition) is 1. The fourth-order valence-electron chi connectivity index (χ4n) is 3.85. The van der Waals surface area contributed by atoms with Crippen LogP contribution in [-0.2, 0) is 16.1 Å². The standard InChI is InChI=1S/C25H23NO7/c1-30-17-9-6-15(7-10-17)14-26-22(19-5-4-12-33-19)21(24(28)25(26)29)23(27)16-8-11-18(31-2)20(13-16)32-3/h4-13,22,27H,14H2,1-3H3/b23-21-. The van der Waals surface area contributed by atoms with Crippen molar-refractivity contribution in [3.63, 3.8) is 0 Å². The second-order valence-electron chi connectivity index (χ2n) is 7.36. The minimum Gasteiger partial charge on any atom is -0.507 e. The summed E-state index contributed by atoms with van der Waals surface area (Å²) < 4.78 is 21.3. The number of furan rings is 1. The molecule has 1 aliphatic rings. The molecule has 2 aromatic carbocycles. The van der Waals surface area contributed by atoms with Gasteiger partial charge in [-0.1, -0.05) is 12.1 Å². The van der Waals surface area contributed by atoms with E-state index in [1.807, 2.05) is 12.1 Å². The number of aliphatic hydroxyl groups excluding tert-OH is 1. The van der Waals surface area contributed by atoms with Crippen molar-refractivity contribution in [2.24, 2.45) is 0 Å². The molecule has 0 saturated carbocycles. The molecule has 1 amide bonds. The van der Waals surface area contributed by atoms with Gasteiger partial charge in [0.1, 0.15) is 23.3 Å². The number of Topliss-reactive ketones (excluding diaryl/α,β-unsaturated/α-hetero) is 1. The quantitative estimate of drug-likeness (QED) is 0.332. The lowest BCUT2D eigenvalue weighted by atomic mass is 9.99. The third kappa shape index (κ3) is 4.03. The first-order chi connectivity index (χ1) is 16.0. The number of carbonyl (C=O) groups is 2. The van der Waals surface area contributed by atoms with Crippen molar-refractivity contribution in [2.75, 3.05) is 21.3 Å². The molecule has 1 N–H and O–H groups in total. The zero-order valence-electron chi connectivity index (χ0n) is 18.4. The molecule has 0 aliphatic carbocycles. The monoisotopic (exact) mass is 449 g/mol. The second kappa shape index (κ2) is 9.12. The number of ketones is 1. The lowest BCUT2D eigenvalue weighted by molar-refractivity contribution is -0.140. The summed E-state index contributed by atoms with van der Waals surface area (Å²) in [5.41, 5.74) is 1.04. The molecule has 1 atom stereocenters. The van der Waals surface area contributed by atoms with E-state index in [1.54, 1.807) is 49.6 Å². The van der Waals surface area contributed by atoms with E-state index in [0.717, 1.165) is 5.56 Å². The second-order valence-corrected chi connectivity index (χ2v) is 7.36. The van der Waals surface area contributed by atoms with Crippen LogP contribution in [0.1, 0.15) is 22.9 Å². The molecule has 1 saturated heterocycles. The van der Waals surface area contributed by atoms with Crippen LogP contribution in [0, 0.1) is 0 Å². The number of hydrogen-bond acceptors (Lipinski definition) is 7. The molecule has 1 aromatic heterocycles. The first kappa shape index (κ1) is 22.0. The Morgan fingerprint density at radius 1 is 0.970 bits per heavy atom. The molecule has 8 heteroatoms. The van der Waals surface area contributed by atoms with Crippen LogP contribution in [0.3, 0.4) is 0 Å². The fraction of sp³-hybridized carbons (Fsp3) is 0.200. The van der Waals surface area contributed by atoms with E-state index in [9.17, 15) is 14.7 Å². The van der Waals surface area contributed by atoms with E-state index < -0.39 is 17.7 Å². The highest BCUT2D eigenvalue weighted by molar-refractivity contribution is 6.46. The van der Waals surface area contributed by atoms with Crippen LogP contribution in [0.2, 0.25) is 0 Å². The van der Waals surface area contributed by atoms with Crippen molar-refractivity contribution in [3.05, 3.63) is 83.3 Å². The van der Waals surface area contributed by atoms with Gasteiger partial charge in [0, 0.05) is 12.1 Å². The lowest BCUT2D eigenvalue weighted by Gasteiger charge is -2.23. The van der Waals surface area contributed by atoms with E-state index in [1.165, 1.54) is 25.4 Å². The Hall–Kier alpha value is -4.20. The Labute approximate surface area is 190 Å². The molecule has 3 aromatic rings. The van der Waals surface area contributed by atoms with Gasteiger partial charge in [-0.15, -0.1) is 0 Å². The minimum atomic E-state index is -0.893. The van der Waals surface area contributed by atoms with E-state index in [2.05, 4.69) is 0 Å². The van der Waals surface area contributed by atoms with Gasteiger partial charge >= 0.3 is 0 Å². The largest absolute Gasteiger partial charge is 0.507 e. The first-order valence-corrected chi connectivity index (χ1v) is 10.2. The minimum absolute atomic E-state index is 0.0596. The van der Waals surface area contributed by atoms with Crippen molar-refractivity contribution < 1.29 is 33.3 Å². The van der Waals surface area contributed by atoms with Gasteiger partial charge < -0.3 is 28.6 Å². The SMILES string of the molecule is COc1ccc(CN2C(=O)C(=O)/C(=C(\O)c3ccc(OC)c(OC)c3)C2c2ccco2)cc1. The molecule has 4 rings (SSSR count). The Kier molecular flexibility index (Phi) is 6.08. The predicted molar refractivity (Wildman–Crippen MR) is 119 cm³/mol. The van der Waals surface area contributed by atoms with Crippen molar-refractivity contribution in [2.45, 2.75) is 12.6 Å². The number of ether oxygens (including phenoxy) is 3. The van der Waals surface area contributed by atoms with Crippen molar-refractivity contribution in [3.8, 4) is 17.2 Å². The van der Waals surface area contributed by atoms with Crippen molar-refractivity contribution >= 4 is 17.4 Å². The number of benzene rings is 2. The summed E-state index contributed by atoms with van der Waals surface area (Å²) in [4.78, 5) is 27.5. The summed E-state index contributed by atoms with van der Waals surface area (Å²) in [6.07, 6.45) is 1.46. The van der Waals surface area contributed by atoms with Crippen LogP contribution in [0.15, 0.2) is 70.9 Å². The third-order valence-electron chi connectivity index (χ3n) is 5.52. The number of rotatable bonds is 7. The van der Waals surface area contributed by atoms with Gasteiger partial charge in [-0.3, -0.25) is 9.59 Å². The topological polar surface area (TPSA) is 98.4 Å². The third-order valence-corrected chi connectivity index (χ3v) is 5.52. The van der Waals surface area contributed by atoms with Crippen LogP contribution >= 0.6 is 0 Å². The molecule has 1 fully saturated rings. The number of methoxy groups -OCH3 is 3. The molecule has 0 radical (unpaired) electrons. The van der Waals surface area contributed by atoms with Gasteiger partial charge in [-0.2, -0.15) is 0 Å². The molecule has 1 unspecified atom stereocenters. The van der Waals surface area contributed by atoms with Gasteiger partial charge in [-0.25, -0.2) is 0 Å². The summed E-state index contributed by atoms with van der Waals surface area (Å²) in [5.74, 6) is 0.0427. The highest BCUT2D eigenvalue weighted by Crippen LogP contribution is 2.41. The molecule has 1 aliphatic heterocycles. The Morgan fingerprint density at radius 3 is 2.30 bits per heavy atom. The number of amides is 1. The Bertz CT molecular complexity index is 1200. The van der Waals surface area contributed by atoms with Crippen LogP contribution in [0.4, 0.5) is 0 Å². The maximum Gasteiger partial charge on any atom is 0.296 e. The normalized spacial score (nSPS) is 17.3.